The standard InChI is InChI=1S/C20H31F2N5O2/c1-2-24-20(26-13-15-7-3-4-9-17(15)29-19(21)22)25-10-6-12-27-11-5-8-16(14-27)18(23)28/h3-4,7,9,16,19H,2,5-6,8,10-14H2,1H3,(H2,23,28)(H2,24,25,26). The Hall–Kier alpha value is -2.42. The summed E-state index contributed by atoms with van der Waals surface area (Å²) in [6, 6.07) is 6.64. The van der Waals surface area contributed by atoms with Gasteiger partial charge in [0.2, 0.25) is 5.91 Å². The second kappa shape index (κ2) is 12.2. The van der Waals surface area contributed by atoms with Gasteiger partial charge >= 0.3 is 6.61 Å². The van der Waals surface area contributed by atoms with Crippen molar-refractivity contribution in [1.29, 1.82) is 0 Å². The highest BCUT2D eigenvalue weighted by atomic mass is 19.3. The summed E-state index contributed by atoms with van der Waals surface area (Å²) in [4.78, 5) is 18.1. The highest BCUT2D eigenvalue weighted by Gasteiger charge is 2.23. The van der Waals surface area contributed by atoms with Gasteiger partial charge in [0.05, 0.1) is 12.5 Å². The third-order valence-corrected chi connectivity index (χ3v) is 4.79. The van der Waals surface area contributed by atoms with E-state index in [4.69, 9.17) is 5.73 Å². The highest BCUT2D eigenvalue weighted by Crippen LogP contribution is 2.21. The number of primary amides is 1. The summed E-state index contributed by atoms with van der Waals surface area (Å²) in [6.07, 6.45) is 2.75. The molecule has 1 heterocycles. The average Bonchev–Trinajstić information content (AvgIpc) is 2.70. The Bertz CT molecular complexity index is 672. The smallest absolute Gasteiger partial charge is 0.387 e. The lowest BCUT2D eigenvalue weighted by Gasteiger charge is -2.31. The first-order valence-corrected chi connectivity index (χ1v) is 10.1. The van der Waals surface area contributed by atoms with Crippen LogP contribution in [0.4, 0.5) is 8.78 Å². The Morgan fingerprint density at radius 1 is 1.38 bits per heavy atom. The van der Waals surface area contributed by atoms with Crippen LogP contribution in [-0.4, -0.2) is 56.1 Å². The molecule has 1 aromatic rings. The Balaban J connectivity index is 1.81. The lowest BCUT2D eigenvalue weighted by molar-refractivity contribution is -0.123. The molecule has 1 aliphatic heterocycles. The number of hydrogen-bond acceptors (Lipinski definition) is 4. The zero-order valence-corrected chi connectivity index (χ0v) is 16.9. The number of nitrogens with two attached hydrogens (primary N) is 1. The van der Waals surface area contributed by atoms with Crippen LogP contribution in [0.2, 0.25) is 0 Å². The van der Waals surface area contributed by atoms with Crippen LogP contribution in [0.1, 0.15) is 31.7 Å². The quantitative estimate of drug-likeness (QED) is 0.311. The van der Waals surface area contributed by atoms with E-state index in [2.05, 4.69) is 25.3 Å². The van der Waals surface area contributed by atoms with Crippen LogP contribution >= 0.6 is 0 Å². The maximum atomic E-state index is 12.5. The number of ether oxygens (including phenoxy) is 1. The molecule has 0 bridgehead atoms. The number of para-hydroxylation sites is 1. The number of benzene rings is 1. The number of carbonyl (C=O) groups excluding carboxylic acids is 1. The maximum Gasteiger partial charge on any atom is 0.387 e. The summed E-state index contributed by atoms with van der Waals surface area (Å²) in [5.41, 5.74) is 6.02. The highest BCUT2D eigenvalue weighted by molar-refractivity contribution is 5.79. The molecule has 2 rings (SSSR count). The Kier molecular flexibility index (Phi) is 9.63. The van der Waals surface area contributed by atoms with Crippen LogP contribution in [0.3, 0.4) is 0 Å². The molecule has 9 heteroatoms. The molecule has 1 fully saturated rings. The number of rotatable bonds is 10. The zero-order valence-electron chi connectivity index (χ0n) is 16.9. The van der Waals surface area contributed by atoms with Gasteiger partial charge in [0.1, 0.15) is 5.75 Å². The largest absolute Gasteiger partial charge is 0.434 e. The van der Waals surface area contributed by atoms with E-state index in [1.54, 1.807) is 18.2 Å². The first-order chi connectivity index (χ1) is 14.0. The molecule has 0 spiro atoms. The fourth-order valence-corrected chi connectivity index (χ4v) is 3.35. The van der Waals surface area contributed by atoms with Gasteiger partial charge in [-0.15, -0.1) is 0 Å². The lowest BCUT2D eigenvalue weighted by atomic mass is 9.97. The van der Waals surface area contributed by atoms with Gasteiger partial charge in [-0.25, -0.2) is 4.99 Å². The van der Waals surface area contributed by atoms with Crippen LogP contribution in [0, 0.1) is 5.92 Å². The summed E-state index contributed by atoms with van der Waals surface area (Å²) in [7, 11) is 0. The van der Waals surface area contributed by atoms with Crippen molar-refractivity contribution in [3.05, 3.63) is 29.8 Å². The Morgan fingerprint density at radius 2 is 2.17 bits per heavy atom. The number of carbonyl (C=O) groups is 1. The molecule has 162 valence electrons. The van der Waals surface area contributed by atoms with E-state index in [1.165, 1.54) is 6.07 Å². The number of aliphatic imine (C=N–C) groups is 1. The number of piperidine rings is 1. The van der Waals surface area contributed by atoms with Crippen LogP contribution in [-0.2, 0) is 11.3 Å². The molecule has 1 aliphatic rings. The van der Waals surface area contributed by atoms with Gasteiger partial charge in [0.15, 0.2) is 5.96 Å². The molecule has 1 unspecified atom stereocenters. The van der Waals surface area contributed by atoms with Crippen molar-refractivity contribution in [2.24, 2.45) is 16.6 Å². The van der Waals surface area contributed by atoms with E-state index in [0.717, 1.165) is 38.9 Å². The van der Waals surface area contributed by atoms with Crippen LogP contribution in [0.5, 0.6) is 5.75 Å². The van der Waals surface area contributed by atoms with Crippen molar-refractivity contribution in [2.75, 3.05) is 32.7 Å². The molecule has 29 heavy (non-hydrogen) atoms. The predicted octanol–water partition coefficient (Wildman–Crippen LogP) is 1.93. The minimum Gasteiger partial charge on any atom is -0.434 e. The molecule has 0 saturated carbocycles. The molecule has 0 aliphatic carbocycles. The second-order valence-corrected chi connectivity index (χ2v) is 7.00. The maximum absolute atomic E-state index is 12.5. The fourth-order valence-electron chi connectivity index (χ4n) is 3.35. The first kappa shape index (κ1) is 22.9. The third kappa shape index (κ3) is 8.23. The number of amides is 1. The Labute approximate surface area is 170 Å². The van der Waals surface area contributed by atoms with Crippen molar-refractivity contribution in [1.82, 2.24) is 15.5 Å². The van der Waals surface area contributed by atoms with Gasteiger partial charge in [-0.2, -0.15) is 8.78 Å². The molecule has 0 aromatic heterocycles. The molecular weight excluding hydrogens is 380 g/mol. The van der Waals surface area contributed by atoms with Crippen molar-refractivity contribution in [3.63, 3.8) is 0 Å². The lowest BCUT2D eigenvalue weighted by Crippen LogP contribution is -2.43. The summed E-state index contributed by atoms with van der Waals surface area (Å²) in [6.45, 7) is 3.31. The molecule has 1 amide bonds. The summed E-state index contributed by atoms with van der Waals surface area (Å²) >= 11 is 0. The zero-order chi connectivity index (χ0) is 21.1. The minimum atomic E-state index is -2.87. The number of nitrogens with zero attached hydrogens (tertiary/aromatic N) is 2. The number of likely N-dealkylation sites (tertiary alicyclic amines) is 1. The van der Waals surface area contributed by atoms with Crippen molar-refractivity contribution in [3.8, 4) is 5.75 Å². The number of halogens is 2. The molecular formula is C20H31F2N5O2. The number of hydrogen-bond donors (Lipinski definition) is 3. The second-order valence-electron chi connectivity index (χ2n) is 7.00. The summed E-state index contributed by atoms with van der Waals surface area (Å²) in [5.74, 6) is 0.487. The van der Waals surface area contributed by atoms with Crippen molar-refractivity contribution in [2.45, 2.75) is 39.3 Å². The SMILES string of the molecule is CCNC(=NCc1ccccc1OC(F)F)NCCCN1CCCC(C(N)=O)C1. The van der Waals surface area contributed by atoms with Crippen LogP contribution in [0.25, 0.3) is 0 Å². The molecule has 4 N–H and O–H groups in total. The number of guanidine groups is 1. The van der Waals surface area contributed by atoms with Gasteiger partial charge in [-0.05, 0) is 45.3 Å². The minimum absolute atomic E-state index is 0.0499. The van der Waals surface area contributed by atoms with Crippen LogP contribution in [0.15, 0.2) is 29.3 Å². The molecule has 0 radical (unpaired) electrons. The van der Waals surface area contributed by atoms with Gasteiger partial charge < -0.3 is 26.0 Å². The molecule has 1 atom stereocenters. The molecule has 1 aromatic carbocycles. The van der Waals surface area contributed by atoms with Crippen molar-refractivity contribution >= 4 is 11.9 Å². The van der Waals surface area contributed by atoms with Crippen molar-refractivity contribution < 1.29 is 18.3 Å². The van der Waals surface area contributed by atoms with E-state index in [9.17, 15) is 13.6 Å². The average molecular weight is 411 g/mol. The van der Waals surface area contributed by atoms with E-state index in [0.29, 0.717) is 24.6 Å². The Morgan fingerprint density at radius 3 is 2.90 bits per heavy atom. The van der Waals surface area contributed by atoms with E-state index in [-0.39, 0.29) is 24.1 Å². The fraction of sp³-hybridized carbons (Fsp3) is 0.600. The van der Waals surface area contributed by atoms with Gasteiger partial charge in [-0.1, -0.05) is 18.2 Å². The van der Waals surface area contributed by atoms with E-state index in [1.807, 2.05) is 6.92 Å². The molecule has 7 nitrogen and oxygen atoms in total. The predicted molar refractivity (Wildman–Crippen MR) is 109 cm³/mol. The third-order valence-electron chi connectivity index (χ3n) is 4.79. The first-order valence-electron chi connectivity index (χ1n) is 10.1. The van der Waals surface area contributed by atoms with Gasteiger partial charge in [0.25, 0.3) is 0 Å². The molecule has 1 saturated heterocycles. The summed E-state index contributed by atoms with van der Waals surface area (Å²) in [5, 5.41) is 6.41. The number of alkyl halides is 2. The van der Waals surface area contributed by atoms with Crippen LogP contribution < -0.4 is 21.1 Å². The summed E-state index contributed by atoms with van der Waals surface area (Å²) < 4.78 is 29.6. The van der Waals surface area contributed by atoms with Gasteiger partial charge in [-0.3, -0.25) is 4.79 Å². The number of nitrogens with one attached hydrogen (secondary N) is 2. The van der Waals surface area contributed by atoms with E-state index >= 15 is 0 Å². The van der Waals surface area contributed by atoms with E-state index < -0.39 is 6.61 Å². The normalized spacial score (nSPS) is 17.9. The monoisotopic (exact) mass is 411 g/mol. The topological polar surface area (TPSA) is 92.0 Å². The van der Waals surface area contributed by atoms with Gasteiger partial charge in [0, 0.05) is 25.2 Å².